The zero-order chi connectivity index (χ0) is 13.1. The van der Waals surface area contributed by atoms with Crippen LogP contribution in [0.1, 0.15) is 32.4 Å². The van der Waals surface area contributed by atoms with Crippen molar-refractivity contribution >= 4 is 21.8 Å². The van der Waals surface area contributed by atoms with Gasteiger partial charge in [-0.3, -0.25) is 4.79 Å². The van der Waals surface area contributed by atoms with Crippen molar-refractivity contribution in [2.45, 2.75) is 31.1 Å². The fraction of sp³-hybridized carbons (Fsp3) is 0.462. The quantitative estimate of drug-likeness (QED) is 0.868. The Morgan fingerprint density at radius 1 is 1.41 bits per heavy atom. The van der Waals surface area contributed by atoms with E-state index in [1.165, 1.54) is 0 Å². The van der Waals surface area contributed by atoms with Crippen molar-refractivity contribution in [2.24, 2.45) is 0 Å². The van der Waals surface area contributed by atoms with Crippen molar-refractivity contribution < 1.29 is 9.53 Å². The van der Waals surface area contributed by atoms with Gasteiger partial charge in [0.2, 0.25) is 5.91 Å². The third-order valence-corrected chi connectivity index (χ3v) is 2.85. The topological polar surface area (TPSA) is 38.3 Å². The number of hydrogen-bond acceptors (Lipinski definition) is 2. The van der Waals surface area contributed by atoms with Crippen LogP contribution in [0.4, 0.5) is 0 Å². The Bertz CT molecular complexity index is 399. The highest BCUT2D eigenvalue weighted by Crippen LogP contribution is 2.25. The van der Waals surface area contributed by atoms with E-state index in [1.807, 2.05) is 45.0 Å². The van der Waals surface area contributed by atoms with Gasteiger partial charge in [0, 0.05) is 5.56 Å². The molecule has 1 N–H and O–H groups in total. The van der Waals surface area contributed by atoms with Gasteiger partial charge in [0.15, 0.2) is 0 Å². The van der Waals surface area contributed by atoms with Crippen molar-refractivity contribution in [2.75, 3.05) is 7.11 Å². The molecular formula is C13H18BrNO2. The lowest BCUT2D eigenvalue weighted by Crippen LogP contribution is -2.38. The summed E-state index contributed by atoms with van der Waals surface area (Å²) in [6.07, 6.45) is 0. The summed E-state index contributed by atoms with van der Waals surface area (Å²) >= 11 is 3.34. The van der Waals surface area contributed by atoms with Gasteiger partial charge in [-0.05, 0) is 26.8 Å². The fourth-order valence-electron chi connectivity index (χ4n) is 1.47. The molecule has 1 atom stereocenters. The third-order valence-electron chi connectivity index (χ3n) is 2.49. The summed E-state index contributed by atoms with van der Waals surface area (Å²) in [6, 6.07) is 7.59. The first-order chi connectivity index (χ1) is 7.86. The van der Waals surface area contributed by atoms with Gasteiger partial charge >= 0.3 is 0 Å². The molecule has 0 heterocycles. The van der Waals surface area contributed by atoms with Crippen molar-refractivity contribution in [1.82, 2.24) is 5.32 Å². The van der Waals surface area contributed by atoms with Crippen LogP contribution in [-0.4, -0.2) is 17.3 Å². The van der Waals surface area contributed by atoms with Crippen molar-refractivity contribution in [3.63, 3.8) is 0 Å². The standard InChI is InChI=1S/C13H18BrNO2/c1-9(15-12(16)13(2,3)14)10-7-5-6-8-11(10)17-4/h5-9H,1-4H3,(H,15,16)/t9-/m0/s1. The summed E-state index contributed by atoms with van der Waals surface area (Å²) in [5, 5.41) is 2.95. The van der Waals surface area contributed by atoms with E-state index in [2.05, 4.69) is 21.2 Å². The van der Waals surface area contributed by atoms with E-state index in [0.717, 1.165) is 11.3 Å². The summed E-state index contributed by atoms with van der Waals surface area (Å²) in [7, 11) is 1.63. The average molecular weight is 300 g/mol. The summed E-state index contributed by atoms with van der Waals surface area (Å²) in [4.78, 5) is 11.8. The number of ether oxygens (including phenoxy) is 1. The molecule has 0 unspecified atom stereocenters. The molecular weight excluding hydrogens is 282 g/mol. The molecule has 1 aromatic carbocycles. The lowest BCUT2D eigenvalue weighted by Gasteiger charge is -2.22. The fourth-order valence-corrected chi connectivity index (χ4v) is 1.58. The highest BCUT2D eigenvalue weighted by atomic mass is 79.9. The number of para-hydroxylation sites is 1. The number of nitrogens with one attached hydrogen (secondary N) is 1. The molecule has 0 spiro atoms. The van der Waals surface area contributed by atoms with Gasteiger partial charge in [0.1, 0.15) is 5.75 Å². The van der Waals surface area contributed by atoms with Crippen LogP contribution in [0, 0.1) is 0 Å². The van der Waals surface area contributed by atoms with Gasteiger partial charge in [-0.1, -0.05) is 34.1 Å². The van der Waals surface area contributed by atoms with Gasteiger partial charge in [-0.2, -0.15) is 0 Å². The van der Waals surface area contributed by atoms with Gasteiger partial charge in [0.05, 0.1) is 17.5 Å². The summed E-state index contributed by atoms with van der Waals surface area (Å²) < 4.78 is 4.70. The summed E-state index contributed by atoms with van der Waals surface area (Å²) in [5.41, 5.74) is 0.972. The molecule has 0 aliphatic rings. The first-order valence-electron chi connectivity index (χ1n) is 5.49. The zero-order valence-electron chi connectivity index (χ0n) is 10.6. The van der Waals surface area contributed by atoms with E-state index in [9.17, 15) is 4.79 Å². The van der Waals surface area contributed by atoms with Gasteiger partial charge in [-0.25, -0.2) is 0 Å². The predicted octanol–water partition coefficient (Wildman–Crippen LogP) is 3.05. The van der Waals surface area contributed by atoms with E-state index in [1.54, 1.807) is 7.11 Å². The Morgan fingerprint density at radius 2 is 2.00 bits per heavy atom. The second-order valence-corrected chi connectivity index (χ2v) is 6.39. The minimum atomic E-state index is -0.566. The number of carbonyl (C=O) groups excluding carboxylic acids is 1. The SMILES string of the molecule is COc1ccccc1[C@H](C)NC(=O)C(C)(C)Br. The highest BCUT2D eigenvalue weighted by molar-refractivity contribution is 9.10. The molecule has 0 bridgehead atoms. The molecule has 4 heteroatoms. The Labute approximate surface area is 111 Å². The number of benzene rings is 1. The van der Waals surface area contributed by atoms with Crippen molar-refractivity contribution in [3.8, 4) is 5.75 Å². The minimum Gasteiger partial charge on any atom is -0.496 e. The van der Waals surface area contributed by atoms with E-state index < -0.39 is 4.32 Å². The molecule has 0 saturated heterocycles. The van der Waals surface area contributed by atoms with Crippen molar-refractivity contribution in [1.29, 1.82) is 0 Å². The number of methoxy groups -OCH3 is 1. The molecule has 17 heavy (non-hydrogen) atoms. The van der Waals surface area contributed by atoms with Crippen LogP contribution in [0.15, 0.2) is 24.3 Å². The highest BCUT2D eigenvalue weighted by Gasteiger charge is 2.25. The monoisotopic (exact) mass is 299 g/mol. The van der Waals surface area contributed by atoms with Crippen LogP contribution < -0.4 is 10.1 Å². The van der Waals surface area contributed by atoms with Crippen LogP contribution in [0.25, 0.3) is 0 Å². The second-order valence-electron chi connectivity index (χ2n) is 4.41. The number of amides is 1. The van der Waals surface area contributed by atoms with E-state index >= 15 is 0 Å². The maximum atomic E-state index is 11.8. The van der Waals surface area contributed by atoms with Crippen LogP contribution in [0.2, 0.25) is 0 Å². The lowest BCUT2D eigenvalue weighted by atomic mass is 10.1. The molecule has 0 aliphatic carbocycles. The number of halogens is 1. The Balaban J connectivity index is 2.83. The smallest absolute Gasteiger partial charge is 0.236 e. The Kier molecular flexibility index (Phi) is 4.57. The molecule has 0 aromatic heterocycles. The van der Waals surface area contributed by atoms with Gasteiger partial charge < -0.3 is 10.1 Å². The normalized spacial score (nSPS) is 13.0. The number of rotatable bonds is 4. The summed E-state index contributed by atoms with van der Waals surface area (Å²) in [6.45, 7) is 5.57. The molecule has 1 rings (SSSR count). The van der Waals surface area contributed by atoms with E-state index in [-0.39, 0.29) is 11.9 Å². The van der Waals surface area contributed by atoms with E-state index in [4.69, 9.17) is 4.74 Å². The van der Waals surface area contributed by atoms with Crippen LogP contribution >= 0.6 is 15.9 Å². The van der Waals surface area contributed by atoms with Crippen molar-refractivity contribution in [3.05, 3.63) is 29.8 Å². The first kappa shape index (κ1) is 14.0. The van der Waals surface area contributed by atoms with E-state index in [0.29, 0.717) is 0 Å². The molecule has 0 fully saturated rings. The van der Waals surface area contributed by atoms with Crippen LogP contribution in [0.3, 0.4) is 0 Å². The number of hydrogen-bond donors (Lipinski definition) is 1. The Morgan fingerprint density at radius 3 is 2.53 bits per heavy atom. The summed E-state index contributed by atoms with van der Waals surface area (Å²) in [5.74, 6) is 0.739. The molecule has 3 nitrogen and oxygen atoms in total. The molecule has 0 aliphatic heterocycles. The lowest BCUT2D eigenvalue weighted by molar-refractivity contribution is -0.123. The first-order valence-corrected chi connectivity index (χ1v) is 6.28. The number of alkyl halides is 1. The molecule has 94 valence electrons. The molecule has 0 saturated carbocycles. The minimum absolute atomic E-state index is 0.0455. The molecule has 0 radical (unpaired) electrons. The zero-order valence-corrected chi connectivity index (χ0v) is 12.2. The maximum absolute atomic E-state index is 11.8. The third kappa shape index (κ3) is 3.73. The molecule has 1 amide bonds. The van der Waals surface area contributed by atoms with Gasteiger partial charge in [0.25, 0.3) is 0 Å². The maximum Gasteiger partial charge on any atom is 0.236 e. The van der Waals surface area contributed by atoms with Crippen LogP contribution in [-0.2, 0) is 4.79 Å². The Hall–Kier alpha value is -1.03. The second kappa shape index (κ2) is 5.54. The van der Waals surface area contributed by atoms with Gasteiger partial charge in [-0.15, -0.1) is 0 Å². The largest absolute Gasteiger partial charge is 0.496 e. The number of carbonyl (C=O) groups is 1. The predicted molar refractivity (Wildman–Crippen MR) is 72.6 cm³/mol. The average Bonchev–Trinajstić information content (AvgIpc) is 2.27. The van der Waals surface area contributed by atoms with Crippen LogP contribution in [0.5, 0.6) is 5.75 Å². The molecule has 1 aromatic rings.